The van der Waals surface area contributed by atoms with Crippen LogP contribution in [-0.2, 0) is 45.0 Å². The van der Waals surface area contributed by atoms with Gasteiger partial charge in [-0.2, -0.15) is 17.5 Å². The fourth-order valence-electron chi connectivity index (χ4n) is 5.62. The van der Waals surface area contributed by atoms with E-state index in [2.05, 4.69) is 10.6 Å². The second-order valence-electron chi connectivity index (χ2n) is 13.0. The Morgan fingerprint density at radius 1 is 1.08 bits per heavy atom. The first-order valence-corrected chi connectivity index (χ1v) is 17.8. The number of carboxylic acids is 2. The number of benzene rings is 1. The van der Waals surface area contributed by atoms with Crippen molar-refractivity contribution in [3.05, 3.63) is 28.8 Å². The van der Waals surface area contributed by atoms with Gasteiger partial charge in [0.1, 0.15) is 18.1 Å². The maximum atomic E-state index is 13.8. The number of rotatable bonds is 18. The smallest absolute Gasteiger partial charge is 0.417 e. The molecule has 0 aliphatic carbocycles. The van der Waals surface area contributed by atoms with Crippen LogP contribution in [0.25, 0.3) is 0 Å². The number of likely N-dealkylation sites (tertiary alicyclic amines) is 1. The number of carbonyl (C=O) groups is 6. The van der Waals surface area contributed by atoms with Crippen LogP contribution in [-0.4, -0.2) is 101 Å². The first kappa shape index (κ1) is 43.2. The number of carbonyl (C=O) groups excluding carboxylic acids is 4. The van der Waals surface area contributed by atoms with E-state index in [9.17, 15) is 60.6 Å². The predicted molar refractivity (Wildman–Crippen MR) is 175 cm³/mol. The van der Waals surface area contributed by atoms with Gasteiger partial charge in [-0.3, -0.25) is 28.8 Å². The molecule has 1 fully saturated rings. The van der Waals surface area contributed by atoms with E-state index in [4.69, 9.17) is 17.3 Å². The number of sulfonamides is 1. The molecule has 15 nitrogen and oxygen atoms in total. The molecule has 286 valence electrons. The summed E-state index contributed by atoms with van der Waals surface area (Å²) >= 11 is 5.64. The van der Waals surface area contributed by atoms with Crippen LogP contribution in [0.4, 0.5) is 13.2 Å². The van der Waals surface area contributed by atoms with Crippen molar-refractivity contribution in [3.63, 3.8) is 0 Å². The van der Waals surface area contributed by atoms with E-state index < -0.39 is 117 Å². The fraction of sp³-hybridized carbons (Fsp3) is 0.613. The number of aliphatic carboxylic acids is 2. The topological polar surface area (TPSA) is 234 Å². The molecule has 0 spiro atoms. The molecule has 2 rings (SSSR count). The molecule has 1 heterocycles. The van der Waals surface area contributed by atoms with E-state index in [-0.39, 0.29) is 35.7 Å². The van der Waals surface area contributed by atoms with Gasteiger partial charge in [-0.1, -0.05) is 39.3 Å². The average Bonchev–Trinajstić information content (AvgIpc) is 3.44. The van der Waals surface area contributed by atoms with Gasteiger partial charge < -0.3 is 31.5 Å². The zero-order valence-corrected chi connectivity index (χ0v) is 30.0. The summed E-state index contributed by atoms with van der Waals surface area (Å²) in [5.41, 5.74) is 3.58. The van der Waals surface area contributed by atoms with Crippen LogP contribution in [0.2, 0.25) is 5.02 Å². The van der Waals surface area contributed by atoms with Crippen molar-refractivity contribution in [1.82, 2.24) is 19.8 Å². The third kappa shape index (κ3) is 12.1. The second-order valence-corrected chi connectivity index (χ2v) is 15.3. The molecule has 51 heavy (non-hydrogen) atoms. The molecule has 0 radical (unpaired) electrons. The molecule has 1 aliphatic rings. The third-order valence-electron chi connectivity index (χ3n) is 8.11. The molecule has 4 amide bonds. The zero-order chi connectivity index (χ0) is 39.0. The van der Waals surface area contributed by atoms with Crippen molar-refractivity contribution in [2.24, 2.45) is 17.6 Å². The van der Waals surface area contributed by atoms with Gasteiger partial charge in [-0.15, -0.1) is 0 Å². The summed E-state index contributed by atoms with van der Waals surface area (Å²) in [6.45, 7) is 5.62. The summed E-state index contributed by atoms with van der Waals surface area (Å²) in [5, 5.41) is 23.3. The molecule has 1 aliphatic heterocycles. The van der Waals surface area contributed by atoms with E-state index >= 15 is 0 Å². The standard InChI is InChI=1S/C31H43ClF3N5O10S/c1-16(2)12-22(28(45)38-27(17(3)4)29(46)39-11-5-6-18(39)13-26(43)44)37-25(42)15-40(23(30(47)48)9-10-24(36)41)51(49,50)19-7-8-21(32)20(14-19)31(33,34)35/h7-8,14,16-18,22-23,27H,5-6,9-13,15H2,1-4H3,(H2,36,41)(H,37,42)(H,38,45)(H,43,44)(H,47,48)/t18-,22-,23-,27-/m0/s1. The number of carboxylic acid groups (broad SMARTS) is 2. The Bertz CT molecular complexity index is 1590. The monoisotopic (exact) mass is 769 g/mol. The maximum Gasteiger partial charge on any atom is 0.417 e. The highest BCUT2D eigenvalue weighted by atomic mass is 35.5. The summed E-state index contributed by atoms with van der Waals surface area (Å²) < 4.78 is 68.4. The number of amides is 4. The van der Waals surface area contributed by atoms with Crippen LogP contribution in [0.5, 0.6) is 0 Å². The summed E-state index contributed by atoms with van der Waals surface area (Å²) in [4.78, 5) is 76.0. The molecule has 4 atom stereocenters. The molecule has 0 unspecified atom stereocenters. The lowest BCUT2D eigenvalue weighted by molar-refractivity contribution is -0.143. The lowest BCUT2D eigenvalue weighted by Crippen LogP contribution is -2.58. The predicted octanol–water partition coefficient (Wildman–Crippen LogP) is 2.21. The van der Waals surface area contributed by atoms with Gasteiger partial charge in [0.15, 0.2) is 0 Å². The van der Waals surface area contributed by atoms with E-state index in [0.29, 0.717) is 25.0 Å². The summed E-state index contributed by atoms with van der Waals surface area (Å²) in [5.74, 6) is -7.37. The molecular formula is C31H43ClF3N5O10S. The molecule has 6 N–H and O–H groups in total. The molecule has 0 saturated carbocycles. The Labute approximate surface area is 298 Å². The number of nitrogens with zero attached hydrogens (tertiary/aromatic N) is 2. The average molecular weight is 770 g/mol. The molecule has 0 aromatic heterocycles. The third-order valence-corrected chi connectivity index (χ3v) is 10.3. The van der Waals surface area contributed by atoms with Crippen molar-refractivity contribution in [2.75, 3.05) is 13.1 Å². The van der Waals surface area contributed by atoms with Crippen molar-refractivity contribution in [2.45, 2.75) is 101 Å². The van der Waals surface area contributed by atoms with Gasteiger partial charge in [0.05, 0.1) is 28.4 Å². The van der Waals surface area contributed by atoms with Crippen molar-refractivity contribution < 1.29 is 60.6 Å². The van der Waals surface area contributed by atoms with Crippen molar-refractivity contribution >= 4 is 57.2 Å². The molecule has 0 bridgehead atoms. The lowest BCUT2D eigenvalue weighted by Gasteiger charge is -2.32. The number of nitrogens with two attached hydrogens (primary N) is 1. The van der Waals surface area contributed by atoms with E-state index in [0.717, 1.165) is 0 Å². The lowest BCUT2D eigenvalue weighted by atomic mass is 9.99. The fourth-order valence-corrected chi connectivity index (χ4v) is 7.44. The Morgan fingerprint density at radius 3 is 2.22 bits per heavy atom. The van der Waals surface area contributed by atoms with E-state index in [1.165, 1.54) is 4.90 Å². The molecule has 20 heteroatoms. The van der Waals surface area contributed by atoms with E-state index in [1.54, 1.807) is 27.7 Å². The van der Waals surface area contributed by atoms with Gasteiger partial charge in [-0.05, 0) is 55.7 Å². The highest BCUT2D eigenvalue weighted by Crippen LogP contribution is 2.37. The summed E-state index contributed by atoms with van der Waals surface area (Å²) in [6.07, 6.45) is -5.88. The highest BCUT2D eigenvalue weighted by molar-refractivity contribution is 7.89. The number of nitrogens with one attached hydrogen (secondary N) is 2. The highest BCUT2D eigenvalue weighted by Gasteiger charge is 2.41. The van der Waals surface area contributed by atoms with Gasteiger partial charge >= 0.3 is 18.1 Å². The number of hydrogen-bond acceptors (Lipinski definition) is 8. The minimum absolute atomic E-state index is 0.0507. The quantitative estimate of drug-likeness (QED) is 0.146. The zero-order valence-electron chi connectivity index (χ0n) is 28.4. The number of alkyl halides is 3. The number of primary amides is 1. The second kappa shape index (κ2) is 18.0. The Kier molecular flexibility index (Phi) is 15.2. The Morgan fingerprint density at radius 2 is 1.71 bits per heavy atom. The molecule has 1 saturated heterocycles. The summed E-state index contributed by atoms with van der Waals surface area (Å²) in [6, 6.07) is -3.82. The SMILES string of the molecule is CC(C)C[C@H](NC(=O)CN([C@@H](CCC(N)=O)C(=O)O)S(=O)(=O)c1ccc(Cl)c(C(F)(F)F)c1)C(=O)N[C@H](C(=O)N1CCC[C@H]1CC(=O)O)C(C)C. The summed E-state index contributed by atoms with van der Waals surface area (Å²) in [7, 11) is -5.24. The van der Waals surface area contributed by atoms with Crippen molar-refractivity contribution in [1.29, 1.82) is 0 Å². The van der Waals surface area contributed by atoms with Gasteiger partial charge in [0.2, 0.25) is 33.7 Å². The molecular weight excluding hydrogens is 727 g/mol. The van der Waals surface area contributed by atoms with Gasteiger partial charge in [0, 0.05) is 19.0 Å². The van der Waals surface area contributed by atoms with Crippen LogP contribution in [0.3, 0.4) is 0 Å². The largest absolute Gasteiger partial charge is 0.481 e. The van der Waals surface area contributed by atoms with Crippen LogP contribution >= 0.6 is 11.6 Å². The molecule has 1 aromatic carbocycles. The number of halogens is 4. The van der Waals surface area contributed by atoms with Crippen LogP contribution in [0.15, 0.2) is 23.1 Å². The van der Waals surface area contributed by atoms with E-state index in [1.807, 2.05) is 0 Å². The molecule has 1 aromatic rings. The minimum atomic E-state index is -5.24. The Hall–Kier alpha value is -3.97. The van der Waals surface area contributed by atoms with Crippen LogP contribution < -0.4 is 16.4 Å². The van der Waals surface area contributed by atoms with Gasteiger partial charge in [-0.25, -0.2) is 8.42 Å². The van der Waals surface area contributed by atoms with Crippen LogP contribution in [0, 0.1) is 11.8 Å². The van der Waals surface area contributed by atoms with Crippen molar-refractivity contribution in [3.8, 4) is 0 Å². The van der Waals surface area contributed by atoms with Crippen LogP contribution in [0.1, 0.15) is 71.8 Å². The van der Waals surface area contributed by atoms with Gasteiger partial charge in [0.25, 0.3) is 0 Å². The first-order chi connectivity index (χ1) is 23.5. The first-order valence-electron chi connectivity index (χ1n) is 16.0. The Balaban J connectivity index is 2.47. The maximum absolute atomic E-state index is 13.8. The number of hydrogen-bond donors (Lipinski definition) is 5. The minimum Gasteiger partial charge on any atom is -0.481 e. The normalized spacial score (nSPS) is 16.9.